The SMILES string of the molecule is CC(COC(=O)C(C)C)SSC(C)(C)CCC(=O)CCCC(=O)N(C)CC(=O)N(C)CC(=O)N(C)CC(=O)N(C)CC(=O)N(C)CC(=O)N(C)CC(=O)N(C)CC(=O)N(C)CC(=O)N(C)CC(=O)N(C)CC(=O)N[C@@H](C)C(=O)C(C)C. The normalized spacial score (nSPS) is 11.8. The lowest BCUT2D eigenvalue weighted by molar-refractivity contribution is -0.147. The van der Waals surface area contributed by atoms with Crippen LogP contribution in [0.5, 0.6) is 0 Å². The predicted molar refractivity (Wildman–Crippen MR) is 306 cm³/mol. The molecule has 28 heteroatoms. The quantitative estimate of drug-likeness (QED) is 0.0615. The highest BCUT2D eigenvalue weighted by Crippen LogP contribution is 2.41. The number of hydrogen-bond acceptors (Lipinski definition) is 17. The Hall–Kier alpha value is -6.32. The third-order valence-corrected chi connectivity index (χ3v) is 16.4. The largest absolute Gasteiger partial charge is 0.464 e. The van der Waals surface area contributed by atoms with Crippen LogP contribution in [0.25, 0.3) is 0 Å². The van der Waals surface area contributed by atoms with Crippen molar-refractivity contribution >= 4 is 104 Å². The molecule has 460 valence electrons. The standard InChI is InChI=1S/C53H91N11O15S2/c1-35(2)51(77)38(6)54-40(66)24-55(9)42(68)26-57(11)44(70)28-59(13)46(72)30-61(15)48(74)32-63(17)50(76)33-64(18)49(75)31-62(16)47(73)29-60(14)45(71)27-58(12)43(69)25-56(10)41(67)21-19-20-39(65)22-23-53(7,8)81-80-37(5)34-79-52(78)36(3)4/h35-38H,19-34H2,1-18H3,(H,54,66)/t37?,38-/m0/s1. The first kappa shape index (κ1) is 74.7. The van der Waals surface area contributed by atoms with E-state index in [2.05, 4.69) is 5.32 Å². The second-order valence-electron chi connectivity index (χ2n) is 21.8. The molecule has 0 aromatic heterocycles. The van der Waals surface area contributed by atoms with Crippen LogP contribution in [0.4, 0.5) is 0 Å². The molecule has 2 atom stereocenters. The molecule has 26 nitrogen and oxygen atoms in total. The summed E-state index contributed by atoms with van der Waals surface area (Å²) >= 11 is 0. The van der Waals surface area contributed by atoms with E-state index in [0.29, 0.717) is 25.9 Å². The van der Waals surface area contributed by atoms with Crippen LogP contribution in [0.1, 0.15) is 87.5 Å². The number of nitrogens with one attached hydrogen (secondary N) is 1. The maximum atomic E-state index is 13.0. The first-order valence-corrected chi connectivity index (χ1v) is 28.8. The molecule has 81 heavy (non-hydrogen) atoms. The second kappa shape index (κ2) is 36.2. The molecule has 0 aliphatic heterocycles. The molecule has 0 aromatic rings. The summed E-state index contributed by atoms with van der Waals surface area (Å²) in [6.07, 6.45) is 1.52. The Bertz CT molecular complexity index is 2250. The molecule has 1 unspecified atom stereocenters. The molecule has 0 bridgehead atoms. The second-order valence-corrected chi connectivity index (χ2v) is 25.1. The molecule has 0 aliphatic carbocycles. The number of rotatable bonds is 36. The molecule has 0 aliphatic rings. The van der Waals surface area contributed by atoms with Gasteiger partial charge in [0, 0.05) is 106 Å². The Balaban J connectivity index is 4.84. The number of carbonyl (C=O) groups excluding carboxylic acids is 14. The highest BCUT2D eigenvalue weighted by Gasteiger charge is 2.28. The maximum absolute atomic E-state index is 13.0. The monoisotopic (exact) mass is 1190 g/mol. The lowest BCUT2D eigenvalue weighted by Crippen LogP contribution is -2.49. The summed E-state index contributed by atoms with van der Waals surface area (Å²) in [5.74, 6) is -7.28. The summed E-state index contributed by atoms with van der Waals surface area (Å²) in [5, 5.41) is 2.62. The highest BCUT2D eigenvalue weighted by molar-refractivity contribution is 8.77. The highest BCUT2D eigenvalue weighted by atomic mass is 33.1. The lowest BCUT2D eigenvalue weighted by Gasteiger charge is -2.27. The van der Waals surface area contributed by atoms with Gasteiger partial charge in [-0.15, -0.1) is 0 Å². The van der Waals surface area contributed by atoms with Crippen molar-refractivity contribution in [3.63, 3.8) is 0 Å². The molecule has 0 radical (unpaired) electrons. The van der Waals surface area contributed by atoms with Gasteiger partial charge in [-0.05, 0) is 40.5 Å². The van der Waals surface area contributed by atoms with E-state index in [1.807, 2.05) is 20.8 Å². The minimum absolute atomic E-state index is 0.0197. The predicted octanol–water partition coefficient (Wildman–Crippen LogP) is -0.433. The minimum atomic E-state index is -0.740. The summed E-state index contributed by atoms with van der Waals surface area (Å²) in [6, 6.07) is -0.740. The van der Waals surface area contributed by atoms with Gasteiger partial charge in [0.05, 0.1) is 77.4 Å². The van der Waals surface area contributed by atoms with Gasteiger partial charge in [-0.1, -0.05) is 49.3 Å². The fraction of sp³-hybridized carbons (Fsp3) is 0.736. The van der Waals surface area contributed by atoms with E-state index >= 15 is 0 Å². The molecule has 0 aromatic carbocycles. The number of hydrogen-bond donors (Lipinski definition) is 1. The number of Topliss-reactive ketones (excluding diaryl/α,β-unsaturated/α-hetero) is 2. The smallest absolute Gasteiger partial charge is 0.308 e. The van der Waals surface area contributed by atoms with Gasteiger partial charge in [0.1, 0.15) is 12.4 Å². The van der Waals surface area contributed by atoms with Gasteiger partial charge in [0.2, 0.25) is 65.0 Å². The summed E-state index contributed by atoms with van der Waals surface area (Å²) in [6.45, 7) is 10.6. The van der Waals surface area contributed by atoms with Crippen molar-refractivity contribution in [3.05, 3.63) is 0 Å². The maximum Gasteiger partial charge on any atom is 0.308 e. The zero-order valence-electron chi connectivity index (χ0n) is 51.0. The van der Waals surface area contributed by atoms with Crippen molar-refractivity contribution in [2.24, 2.45) is 11.8 Å². The number of likely N-dealkylation sites (N-methyl/N-ethyl adjacent to an activating group) is 10. The third-order valence-electron chi connectivity index (χ3n) is 12.6. The van der Waals surface area contributed by atoms with Gasteiger partial charge in [-0.3, -0.25) is 67.1 Å². The summed E-state index contributed by atoms with van der Waals surface area (Å²) < 4.78 is 5.09. The van der Waals surface area contributed by atoms with Crippen LogP contribution in [0, 0.1) is 11.8 Å². The average molecular weight is 1190 g/mol. The van der Waals surface area contributed by atoms with Crippen LogP contribution in [-0.2, 0) is 71.9 Å². The molecule has 0 saturated heterocycles. The van der Waals surface area contributed by atoms with E-state index in [1.165, 1.54) is 75.4 Å². The molecule has 0 rings (SSSR count). The first-order chi connectivity index (χ1) is 37.3. The summed E-state index contributed by atoms with van der Waals surface area (Å²) in [4.78, 5) is 189. The van der Waals surface area contributed by atoms with E-state index < -0.39 is 117 Å². The van der Waals surface area contributed by atoms with Crippen LogP contribution in [0.3, 0.4) is 0 Å². The molecular weight excluding hydrogens is 1090 g/mol. The van der Waals surface area contributed by atoms with Gasteiger partial charge in [-0.2, -0.15) is 0 Å². The van der Waals surface area contributed by atoms with Gasteiger partial charge in [0.25, 0.3) is 0 Å². The number of amides is 11. The van der Waals surface area contributed by atoms with Crippen LogP contribution in [-0.4, -0.2) is 290 Å². The topological polar surface area (TPSA) is 293 Å². The fourth-order valence-electron chi connectivity index (χ4n) is 6.71. The molecule has 0 fully saturated rings. The molecule has 0 spiro atoms. The first-order valence-electron chi connectivity index (χ1n) is 26.6. The molecule has 1 N–H and O–H groups in total. The Kier molecular flexibility index (Phi) is 33.4. The summed E-state index contributed by atoms with van der Waals surface area (Å²) in [7, 11) is 16.7. The van der Waals surface area contributed by atoms with Crippen molar-refractivity contribution < 1.29 is 71.9 Å². The van der Waals surface area contributed by atoms with Gasteiger partial charge >= 0.3 is 5.97 Å². The van der Waals surface area contributed by atoms with Gasteiger partial charge in [0.15, 0.2) is 5.78 Å². The van der Waals surface area contributed by atoms with E-state index in [9.17, 15) is 67.1 Å². The van der Waals surface area contributed by atoms with Crippen LogP contribution >= 0.6 is 21.6 Å². The Morgan fingerprint density at radius 1 is 0.407 bits per heavy atom. The van der Waals surface area contributed by atoms with Crippen molar-refractivity contribution in [1.82, 2.24) is 54.3 Å². The minimum Gasteiger partial charge on any atom is -0.464 e. The molecular formula is C53H91N11O15S2. The zero-order valence-corrected chi connectivity index (χ0v) is 52.7. The van der Waals surface area contributed by atoms with Crippen molar-refractivity contribution in [2.45, 2.75) is 104 Å². The van der Waals surface area contributed by atoms with Gasteiger partial charge in [-0.25, -0.2) is 0 Å². The van der Waals surface area contributed by atoms with E-state index in [-0.39, 0.29) is 71.2 Å². The number of ketones is 2. The Labute approximate surface area is 486 Å². The molecule has 11 amide bonds. The van der Waals surface area contributed by atoms with E-state index in [1.54, 1.807) is 56.2 Å². The third kappa shape index (κ3) is 29.8. The van der Waals surface area contributed by atoms with Gasteiger partial charge < -0.3 is 59.1 Å². The summed E-state index contributed by atoms with van der Waals surface area (Å²) in [5.41, 5.74) is 0. The Morgan fingerprint density at radius 2 is 0.704 bits per heavy atom. The van der Waals surface area contributed by atoms with Crippen molar-refractivity contribution in [1.29, 1.82) is 0 Å². The average Bonchev–Trinajstić information content (AvgIpc) is 3.37. The number of nitrogens with zero attached hydrogens (tertiary/aromatic N) is 10. The number of ether oxygens (including phenoxy) is 1. The Morgan fingerprint density at radius 3 is 1.00 bits per heavy atom. The molecule has 0 heterocycles. The molecule has 0 saturated carbocycles. The number of esters is 1. The lowest BCUT2D eigenvalue weighted by atomic mass is 10.0. The van der Waals surface area contributed by atoms with Crippen LogP contribution in [0.15, 0.2) is 0 Å². The van der Waals surface area contributed by atoms with Crippen molar-refractivity contribution in [2.75, 3.05) is 143 Å². The van der Waals surface area contributed by atoms with Crippen LogP contribution < -0.4 is 5.32 Å². The van der Waals surface area contributed by atoms with Crippen LogP contribution in [0.2, 0.25) is 0 Å². The number of carbonyl (C=O) groups is 14. The van der Waals surface area contributed by atoms with Crippen molar-refractivity contribution in [3.8, 4) is 0 Å². The van der Waals surface area contributed by atoms with E-state index in [0.717, 1.165) is 44.1 Å². The fourth-order valence-corrected chi connectivity index (χ4v) is 9.13. The zero-order chi connectivity index (χ0) is 62.8. The van der Waals surface area contributed by atoms with E-state index in [4.69, 9.17) is 4.74 Å².